The highest BCUT2D eigenvalue weighted by atomic mass is 19.4. The molecule has 2 fully saturated rings. The van der Waals surface area contributed by atoms with Gasteiger partial charge >= 0.3 is 12.5 Å². The summed E-state index contributed by atoms with van der Waals surface area (Å²) >= 11 is 0. The van der Waals surface area contributed by atoms with E-state index >= 15 is 0 Å². The van der Waals surface area contributed by atoms with Crippen LogP contribution in [0.4, 0.5) is 29.5 Å². The third kappa shape index (κ3) is 8.68. The van der Waals surface area contributed by atoms with E-state index in [1.165, 1.54) is 30.6 Å². The number of H-pyrrole nitrogens is 1. The zero-order valence-electron chi connectivity index (χ0n) is 29.3. The summed E-state index contributed by atoms with van der Waals surface area (Å²) < 4.78 is 45.0. The van der Waals surface area contributed by atoms with E-state index in [-0.39, 0.29) is 40.4 Å². The number of amides is 3. The molecule has 3 atom stereocenters. The molecule has 6 rings (SSSR count). The molecule has 0 spiro atoms. The molecule has 4 aromatic rings. The highest BCUT2D eigenvalue weighted by Crippen LogP contribution is 2.37. The van der Waals surface area contributed by atoms with Gasteiger partial charge in [0.25, 0.3) is 5.91 Å². The number of ether oxygens (including phenoxy) is 1. The molecule has 1 aromatic carbocycles. The molecule has 14 nitrogen and oxygen atoms in total. The van der Waals surface area contributed by atoms with Crippen molar-refractivity contribution in [1.82, 2.24) is 35.5 Å². The summed E-state index contributed by atoms with van der Waals surface area (Å²) in [5, 5.41) is 17.5. The van der Waals surface area contributed by atoms with Crippen LogP contribution >= 0.6 is 0 Å². The number of aromatic amines is 1. The first-order chi connectivity index (χ1) is 25.3. The van der Waals surface area contributed by atoms with Gasteiger partial charge in [-0.05, 0) is 62.1 Å². The van der Waals surface area contributed by atoms with Crippen molar-refractivity contribution in [2.45, 2.75) is 58.1 Å². The van der Waals surface area contributed by atoms with Gasteiger partial charge in [0.2, 0.25) is 5.91 Å². The quantitative estimate of drug-likeness (QED) is 0.141. The van der Waals surface area contributed by atoms with E-state index in [1.54, 1.807) is 43.1 Å². The molecule has 0 aliphatic carbocycles. The number of piperazine rings is 1. The lowest BCUT2D eigenvalue weighted by atomic mass is 10.0. The van der Waals surface area contributed by atoms with Gasteiger partial charge in [0.15, 0.2) is 0 Å². The molecule has 2 aliphatic rings. The maximum absolute atomic E-state index is 13.5. The molecule has 5 heterocycles. The predicted molar refractivity (Wildman–Crippen MR) is 189 cm³/mol. The van der Waals surface area contributed by atoms with Gasteiger partial charge in [-0.15, -0.1) is 13.2 Å². The van der Waals surface area contributed by atoms with E-state index in [0.717, 1.165) is 31.5 Å². The van der Waals surface area contributed by atoms with Crippen LogP contribution in [0, 0.1) is 5.92 Å². The fourth-order valence-corrected chi connectivity index (χ4v) is 6.60. The maximum atomic E-state index is 13.5. The van der Waals surface area contributed by atoms with Gasteiger partial charge < -0.3 is 40.6 Å². The molecule has 3 aromatic heterocycles. The van der Waals surface area contributed by atoms with Crippen molar-refractivity contribution in [3.63, 3.8) is 0 Å². The summed E-state index contributed by atoms with van der Waals surface area (Å²) in [5.41, 5.74) is 1.70. The van der Waals surface area contributed by atoms with E-state index in [0.29, 0.717) is 36.5 Å². The van der Waals surface area contributed by atoms with Gasteiger partial charge in [-0.3, -0.25) is 14.6 Å². The smallest absolute Gasteiger partial charge is 0.465 e. The molecule has 3 amide bonds. The van der Waals surface area contributed by atoms with Crippen molar-refractivity contribution >= 4 is 29.4 Å². The molecule has 2 aliphatic heterocycles. The third-order valence-corrected chi connectivity index (χ3v) is 9.28. The number of nitrogens with zero attached hydrogens (tertiary/aromatic N) is 5. The van der Waals surface area contributed by atoms with Crippen LogP contribution in [0.2, 0.25) is 0 Å². The first-order valence-electron chi connectivity index (χ1n) is 17.2. The van der Waals surface area contributed by atoms with Crippen LogP contribution in [0.5, 0.6) is 5.75 Å². The Balaban J connectivity index is 1.17. The van der Waals surface area contributed by atoms with Crippen LogP contribution in [0.15, 0.2) is 61.1 Å². The van der Waals surface area contributed by atoms with E-state index in [1.807, 2.05) is 0 Å². The number of aromatic nitrogens is 4. The molecular weight excluding hydrogens is 695 g/mol. The predicted octanol–water partition coefficient (Wildman–Crippen LogP) is 5.44. The Kier molecular flexibility index (Phi) is 10.8. The molecule has 0 unspecified atom stereocenters. The Hall–Kier alpha value is -5.71. The number of anilines is 2. The van der Waals surface area contributed by atoms with Crippen molar-refractivity contribution in [3.05, 3.63) is 72.4 Å². The number of halogens is 3. The molecule has 5 N–H and O–H groups in total. The molecule has 2 saturated heterocycles. The minimum atomic E-state index is -5.01. The van der Waals surface area contributed by atoms with Crippen molar-refractivity contribution in [2.24, 2.45) is 5.92 Å². The van der Waals surface area contributed by atoms with Crippen molar-refractivity contribution in [3.8, 4) is 28.3 Å². The van der Waals surface area contributed by atoms with Crippen molar-refractivity contribution in [2.75, 3.05) is 36.4 Å². The lowest BCUT2D eigenvalue weighted by Gasteiger charge is -2.34. The Bertz CT molecular complexity index is 1940. The first-order valence-corrected chi connectivity index (χ1v) is 17.2. The van der Waals surface area contributed by atoms with E-state index in [2.05, 4.69) is 52.4 Å². The molecule has 280 valence electrons. The summed E-state index contributed by atoms with van der Waals surface area (Å²) in [5.74, 6) is -0.447. The van der Waals surface area contributed by atoms with Gasteiger partial charge in [-0.2, -0.15) is 0 Å². The normalized spacial score (nSPS) is 18.2. The second-order valence-electron chi connectivity index (χ2n) is 13.3. The zero-order chi connectivity index (χ0) is 37.9. The van der Waals surface area contributed by atoms with E-state index in [4.69, 9.17) is 0 Å². The van der Waals surface area contributed by atoms with Crippen LogP contribution in [0.3, 0.4) is 0 Å². The lowest BCUT2D eigenvalue weighted by molar-refractivity contribution is -0.274. The molecule has 0 radical (unpaired) electrons. The monoisotopic (exact) mass is 735 g/mol. The Morgan fingerprint density at radius 2 is 1.83 bits per heavy atom. The molecule has 17 heteroatoms. The zero-order valence-corrected chi connectivity index (χ0v) is 29.3. The highest BCUT2D eigenvalue weighted by Gasteiger charge is 2.37. The van der Waals surface area contributed by atoms with Crippen LogP contribution in [-0.2, 0) is 4.79 Å². The minimum Gasteiger partial charge on any atom is -0.465 e. The number of nitrogens with one attached hydrogen (secondary N) is 4. The van der Waals surface area contributed by atoms with Gasteiger partial charge in [-0.1, -0.05) is 13.8 Å². The number of pyridine rings is 2. The summed E-state index contributed by atoms with van der Waals surface area (Å²) in [6.07, 6.45) is -0.468. The fraction of sp³-hybridized carbons (Fsp3) is 0.389. The number of carboxylic acid groups (broad SMARTS) is 1. The second kappa shape index (κ2) is 15.5. The van der Waals surface area contributed by atoms with Gasteiger partial charge in [0.1, 0.15) is 23.4 Å². The summed E-state index contributed by atoms with van der Waals surface area (Å²) in [6, 6.07) is 9.43. The summed E-state index contributed by atoms with van der Waals surface area (Å²) in [7, 11) is 0. The average molecular weight is 736 g/mol. The number of benzene rings is 1. The fourth-order valence-electron chi connectivity index (χ4n) is 6.60. The van der Waals surface area contributed by atoms with Crippen molar-refractivity contribution in [1.29, 1.82) is 0 Å². The number of carbonyl (C=O) groups excluding carboxylic acids is 2. The molecule has 0 saturated carbocycles. The number of imidazole rings is 1. The van der Waals surface area contributed by atoms with E-state index in [9.17, 15) is 32.7 Å². The molecular formula is C36H40F3N9O5. The topological polar surface area (TPSA) is 178 Å². The van der Waals surface area contributed by atoms with Gasteiger partial charge in [0.05, 0.1) is 29.2 Å². The Morgan fingerprint density at radius 1 is 1.02 bits per heavy atom. The lowest BCUT2D eigenvalue weighted by Crippen LogP contribution is -2.50. The summed E-state index contributed by atoms with van der Waals surface area (Å²) in [4.78, 5) is 58.0. The number of likely N-dealkylation sites (tertiary alicyclic amines) is 1. The third-order valence-electron chi connectivity index (χ3n) is 9.28. The number of hydrogen-bond acceptors (Lipinski definition) is 9. The summed E-state index contributed by atoms with van der Waals surface area (Å²) in [6.45, 7) is 8.46. The van der Waals surface area contributed by atoms with Crippen molar-refractivity contribution < 1.29 is 37.4 Å². The van der Waals surface area contributed by atoms with Crippen LogP contribution in [0.1, 0.15) is 55.8 Å². The maximum Gasteiger partial charge on any atom is 0.573 e. The number of alkyl halides is 3. The minimum absolute atomic E-state index is 0.0446. The van der Waals surface area contributed by atoms with E-state index < -0.39 is 36.2 Å². The molecule has 0 bridgehead atoms. The van der Waals surface area contributed by atoms with Crippen LogP contribution in [0.25, 0.3) is 22.5 Å². The Labute approximate surface area is 303 Å². The molecule has 53 heavy (non-hydrogen) atoms. The standard InChI is InChI=1S/C36H40F3N9O5/c1-20(2)31(46-35(51)52)34(50)48-13-4-5-28(48)32-43-19-27(45-32)22-6-10-26(41-17-22)25-9-8-24(15-29(25)53-36(37,38)39)44-33(49)23-7-11-30(42-18-23)47-14-12-40-16-21(47)3/h6-11,15,17-21,28,31,40,46H,4-5,12-14,16H2,1-3H3,(H,43,45)(H,44,49)(H,51,52)/t21-,28+,31+/m1/s1. The second-order valence-corrected chi connectivity index (χ2v) is 13.3. The number of rotatable bonds is 10. The Morgan fingerprint density at radius 3 is 2.49 bits per heavy atom. The first kappa shape index (κ1) is 37.1. The van der Waals surface area contributed by atoms with Crippen LogP contribution < -0.4 is 25.6 Å². The van der Waals surface area contributed by atoms with Gasteiger partial charge in [0, 0.05) is 67.5 Å². The number of hydrogen-bond donors (Lipinski definition) is 5. The number of carbonyl (C=O) groups is 3. The largest absolute Gasteiger partial charge is 0.573 e. The highest BCUT2D eigenvalue weighted by molar-refractivity contribution is 6.04. The average Bonchev–Trinajstić information content (AvgIpc) is 3.81. The SMILES string of the molecule is CC(C)[C@H](NC(=O)O)C(=O)N1CCC[C@H]1c1ncc(-c2ccc(-c3ccc(NC(=O)c4ccc(N5CCNC[C@H]5C)nc4)cc3OC(F)(F)F)nc2)[nH]1. The van der Waals surface area contributed by atoms with Crippen LogP contribution in [-0.4, -0.2) is 92.5 Å². The van der Waals surface area contributed by atoms with Gasteiger partial charge in [-0.25, -0.2) is 14.8 Å².